The zero-order chi connectivity index (χ0) is 12.3. The van der Waals surface area contributed by atoms with Crippen LogP contribution < -0.4 is 5.32 Å². The summed E-state index contributed by atoms with van der Waals surface area (Å²) in [6.45, 7) is 1.03. The average molecular weight is 263 g/mol. The van der Waals surface area contributed by atoms with Gasteiger partial charge in [-0.05, 0) is 25.7 Å². The first kappa shape index (κ1) is 13.3. The van der Waals surface area contributed by atoms with E-state index in [1.165, 1.54) is 0 Å². The van der Waals surface area contributed by atoms with Gasteiger partial charge in [0.05, 0.1) is 23.7 Å². The molecule has 0 radical (unpaired) electrons. The van der Waals surface area contributed by atoms with Crippen LogP contribution in [0.4, 0.5) is 0 Å². The maximum atomic E-state index is 11.8. The Bertz CT molecular complexity index is 333. The van der Waals surface area contributed by atoms with Gasteiger partial charge in [0.25, 0.3) is 0 Å². The molecule has 2 atom stereocenters. The lowest BCUT2D eigenvalue weighted by Gasteiger charge is -2.14. The van der Waals surface area contributed by atoms with Gasteiger partial charge in [0.15, 0.2) is 9.84 Å². The largest absolute Gasteiger partial charge is 0.391 e. The quantitative estimate of drug-likeness (QED) is 0.659. The van der Waals surface area contributed by atoms with Crippen molar-refractivity contribution in [1.82, 2.24) is 5.32 Å². The number of aliphatic hydroxyl groups excluding tert-OH is 1. The standard InChI is InChI=1S/C11H21NO4S/c13-10(6-12-9-3-4-9)7-17(14,15)8-11-2-1-5-16-11/h9-13H,1-8H2. The van der Waals surface area contributed by atoms with Gasteiger partial charge in [-0.1, -0.05) is 0 Å². The molecule has 1 saturated carbocycles. The van der Waals surface area contributed by atoms with E-state index in [0.717, 1.165) is 25.7 Å². The van der Waals surface area contributed by atoms with Crippen LogP contribution in [0.5, 0.6) is 0 Å². The van der Waals surface area contributed by atoms with Crippen LogP contribution in [0, 0.1) is 0 Å². The average Bonchev–Trinajstić information content (AvgIpc) is 2.93. The van der Waals surface area contributed by atoms with Crippen molar-refractivity contribution in [2.45, 2.75) is 43.9 Å². The molecule has 0 aromatic rings. The van der Waals surface area contributed by atoms with E-state index in [9.17, 15) is 13.5 Å². The van der Waals surface area contributed by atoms with E-state index < -0.39 is 15.9 Å². The van der Waals surface area contributed by atoms with Crippen molar-refractivity contribution in [3.8, 4) is 0 Å². The second kappa shape index (κ2) is 5.65. The van der Waals surface area contributed by atoms with E-state index in [-0.39, 0.29) is 17.6 Å². The normalized spacial score (nSPS) is 27.2. The maximum absolute atomic E-state index is 11.8. The second-order valence-electron chi connectivity index (χ2n) is 5.05. The van der Waals surface area contributed by atoms with Crippen molar-refractivity contribution in [3.63, 3.8) is 0 Å². The lowest BCUT2D eigenvalue weighted by molar-refractivity contribution is 0.127. The van der Waals surface area contributed by atoms with Crippen LogP contribution in [-0.4, -0.2) is 56.4 Å². The minimum absolute atomic E-state index is 0.0491. The molecule has 1 aliphatic carbocycles. The Balaban J connectivity index is 1.70. The highest BCUT2D eigenvalue weighted by atomic mass is 32.2. The minimum Gasteiger partial charge on any atom is -0.391 e. The molecule has 17 heavy (non-hydrogen) atoms. The highest BCUT2D eigenvalue weighted by Gasteiger charge is 2.27. The van der Waals surface area contributed by atoms with E-state index in [1.807, 2.05) is 0 Å². The van der Waals surface area contributed by atoms with Crippen LogP contribution in [0.1, 0.15) is 25.7 Å². The Morgan fingerprint density at radius 3 is 2.71 bits per heavy atom. The second-order valence-corrected chi connectivity index (χ2v) is 7.20. The lowest BCUT2D eigenvalue weighted by Crippen LogP contribution is -2.35. The maximum Gasteiger partial charge on any atom is 0.155 e. The third kappa shape index (κ3) is 4.91. The molecule has 0 aromatic carbocycles. The summed E-state index contributed by atoms with van der Waals surface area (Å²) in [6.07, 6.45) is 3.05. The molecule has 2 aliphatic rings. The van der Waals surface area contributed by atoms with E-state index >= 15 is 0 Å². The van der Waals surface area contributed by atoms with Crippen molar-refractivity contribution >= 4 is 9.84 Å². The molecule has 1 heterocycles. The Labute approximate surface area is 102 Å². The van der Waals surface area contributed by atoms with Crippen molar-refractivity contribution < 1.29 is 18.3 Å². The molecule has 0 bridgehead atoms. The Morgan fingerprint density at radius 1 is 1.35 bits per heavy atom. The molecule has 2 rings (SSSR count). The van der Waals surface area contributed by atoms with Gasteiger partial charge in [0, 0.05) is 19.2 Å². The lowest BCUT2D eigenvalue weighted by atomic mass is 10.3. The van der Waals surface area contributed by atoms with Gasteiger partial charge >= 0.3 is 0 Å². The Kier molecular flexibility index (Phi) is 4.41. The summed E-state index contributed by atoms with van der Waals surface area (Å²) in [7, 11) is -3.21. The number of sulfone groups is 1. The molecule has 2 N–H and O–H groups in total. The van der Waals surface area contributed by atoms with Gasteiger partial charge in [0.1, 0.15) is 0 Å². The predicted molar refractivity (Wildman–Crippen MR) is 64.7 cm³/mol. The topological polar surface area (TPSA) is 75.6 Å². The van der Waals surface area contributed by atoms with Gasteiger partial charge in [-0.15, -0.1) is 0 Å². The van der Waals surface area contributed by atoms with Crippen molar-refractivity contribution in [1.29, 1.82) is 0 Å². The van der Waals surface area contributed by atoms with Gasteiger partial charge in [-0.2, -0.15) is 0 Å². The predicted octanol–water partition coefficient (Wildman–Crippen LogP) is -0.307. The molecular weight excluding hydrogens is 242 g/mol. The molecular formula is C11H21NO4S. The number of hydrogen-bond donors (Lipinski definition) is 2. The zero-order valence-electron chi connectivity index (χ0n) is 9.97. The van der Waals surface area contributed by atoms with Crippen LogP contribution in [0.15, 0.2) is 0 Å². The molecule has 2 unspecified atom stereocenters. The summed E-state index contributed by atoms with van der Waals surface area (Å²) >= 11 is 0. The van der Waals surface area contributed by atoms with Crippen molar-refractivity contribution in [3.05, 3.63) is 0 Å². The SMILES string of the molecule is O=S(=O)(CC(O)CNC1CC1)CC1CCCO1. The highest BCUT2D eigenvalue weighted by Crippen LogP contribution is 2.18. The number of aliphatic hydroxyl groups is 1. The Hall–Kier alpha value is -0.170. The zero-order valence-corrected chi connectivity index (χ0v) is 10.8. The first-order chi connectivity index (χ1) is 8.05. The van der Waals surface area contributed by atoms with Crippen LogP contribution in [0.2, 0.25) is 0 Å². The summed E-state index contributed by atoms with van der Waals surface area (Å²) in [4.78, 5) is 0. The highest BCUT2D eigenvalue weighted by molar-refractivity contribution is 7.91. The van der Waals surface area contributed by atoms with E-state index in [4.69, 9.17) is 4.74 Å². The van der Waals surface area contributed by atoms with Crippen molar-refractivity contribution in [2.24, 2.45) is 0 Å². The first-order valence-electron chi connectivity index (χ1n) is 6.28. The van der Waals surface area contributed by atoms with Gasteiger partial charge in [-0.25, -0.2) is 8.42 Å². The molecule has 0 amide bonds. The third-order valence-electron chi connectivity index (χ3n) is 3.13. The number of hydrogen-bond acceptors (Lipinski definition) is 5. The summed E-state index contributed by atoms with van der Waals surface area (Å²) < 4.78 is 28.9. The van der Waals surface area contributed by atoms with Crippen LogP contribution in [0.25, 0.3) is 0 Å². The fourth-order valence-corrected chi connectivity index (χ4v) is 3.74. The molecule has 1 aliphatic heterocycles. The van der Waals surface area contributed by atoms with Crippen LogP contribution in [-0.2, 0) is 14.6 Å². The molecule has 2 fully saturated rings. The summed E-state index contributed by atoms with van der Waals surface area (Å²) in [5.74, 6) is -0.111. The summed E-state index contributed by atoms with van der Waals surface area (Å²) in [5, 5.41) is 12.8. The smallest absolute Gasteiger partial charge is 0.155 e. The van der Waals surface area contributed by atoms with Gasteiger partial charge in [0.2, 0.25) is 0 Å². The molecule has 100 valence electrons. The van der Waals surface area contributed by atoms with Crippen LogP contribution in [0.3, 0.4) is 0 Å². The fraction of sp³-hybridized carbons (Fsp3) is 1.00. The summed E-state index contributed by atoms with van der Waals surface area (Å²) in [6, 6.07) is 0.491. The van der Waals surface area contributed by atoms with E-state index in [2.05, 4.69) is 5.32 Å². The number of ether oxygens (including phenoxy) is 1. The van der Waals surface area contributed by atoms with Gasteiger partial charge in [-0.3, -0.25) is 0 Å². The molecule has 0 aromatic heterocycles. The Morgan fingerprint density at radius 2 is 2.12 bits per heavy atom. The molecule has 0 spiro atoms. The minimum atomic E-state index is -3.21. The fourth-order valence-electron chi connectivity index (χ4n) is 2.07. The number of nitrogens with one attached hydrogen (secondary N) is 1. The summed E-state index contributed by atoms with van der Waals surface area (Å²) in [5.41, 5.74) is 0. The van der Waals surface area contributed by atoms with E-state index in [1.54, 1.807) is 0 Å². The first-order valence-corrected chi connectivity index (χ1v) is 8.11. The third-order valence-corrected chi connectivity index (χ3v) is 4.90. The number of rotatable bonds is 7. The molecule has 5 nitrogen and oxygen atoms in total. The molecule has 1 saturated heterocycles. The van der Waals surface area contributed by atoms with E-state index in [0.29, 0.717) is 19.2 Å². The van der Waals surface area contributed by atoms with Crippen LogP contribution >= 0.6 is 0 Å². The van der Waals surface area contributed by atoms with Crippen molar-refractivity contribution in [2.75, 3.05) is 24.7 Å². The van der Waals surface area contributed by atoms with Gasteiger partial charge < -0.3 is 15.2 Å². The monoisotopic (exact) mass is 263 g/mol. The molecule has 6 heteroatoms.